The molecule has 0 spiro atoms. The lowest BCUT2D eigenvalue weighted by Crippen LogP contribution is -2.25. The maximum Gasteiger partial charge on any atom is 0.264 e. The number of aromatic nitrogens is 2. The highest BCUT2D eigenvalue weighted by Crippen LogP contribution is 2.34. The molecule has 4 rings (SSSR count). The van der Waals surface area contributed by atoms with Crippen LogP contribution in [0.25, 0.3) is 10.2 Å². The Bertz CT molecular complexity index is 1120. The summed E-state index contributed by atoms with van der Waals surface area (Å²) in [6.07, 6.45) is 6.07. The number of allylic oxidation sites excluding steroid dienone is 1. The molecule has 6 nitrogen and oxygen atoms in total. The molecule has 152 valence electrons. The predicted molar refractivity (Wildman–Crippen MR) is 118 cm³/mol. The average Bonchev–Trinajstić information content (AvgIpc) is 3.12. The highest BCUT2D eigenvalue weighted by Gasteiger charge is 2.21. The molecular weight excluding hydrogens is 386 g/mol. The second-order valence-corrected chi connectivity index (χ2v) is 8.16. The Labute approximate surface area is 173 Å². The summed E-state index contributed by atoms with van der Waals surface area (Å²) in [4.78, 5) is 20.2. The summed E-state index contributed by atoms with van der Waals surface area (Å²) >= 11 is 1.66. The number of fused-ring (bicyclic) bond motifs is 3. The number of thiophene rings is 1. The number of rotatable bonds is 7. The van der Waals surface area contributed by atoms with Crippen molar-refractivity contribution in [2.24, 2.45) is 0 Å². The van der Waals surface area contributed by atoms with Crippen LogP contribution in [0.4, 0.5) is 5.95 Å². The number of nitrogens with zero attached hydrogens (tertiary/aromatic N) is 2. The number of anilines is 1. The maximum atomic E-state index is 13.3. The van der Waals surface area contributed by atoms with Crippen molar-refractivity contribution < 1.29 is 9.47 Å². The first-order chi connectivity index (χ1) is 14.2. The van der Waals surface area contributed by atoms with E-state index >= 15 is 0 Å². The van der Waals surface area contributed by atoms with E-state index in [-0.39, 0.29) is 5.56 Å². The molecule has 1 aromatic carbocycles. The molecule has 1 aliphatic carbocycles. The lowest BCUT2D eigenvalue weighted by Gasteiger charge is -2.14. The number of methoxy groups -OCH3 is 2. The number of aryl methyl sites for hydroxylation is 2. The molecule has 0 aliphatic heterocycles. The van der Waals surface area contributed by atoms with Crippen LogP contribution < -0.4 is 20.3 Å². The van der Waals surface area contributed by atoms with Crippen molar-refractivity contribution in [3.8, 4) is 11.5 Å². The maximum absolute atomic E-state index is 13.3. The van der Waals surface area contributed by atoms with Crippen LogP contribution in [-0.2, 0) is 25.9 Å². The van der Waals surface area contributed by atoms with Gasteiger partial charge in [-0.2, -0.15) is 0 Å². The summed E-state index contributed by atoms with van der Waals surface area (Å²) in [6.45, 7) is 4.74. The zero-order chi connectivity index (χ0) is 20.4. The van der Waals surface area contributed by atoms with Gasteiger partial charge in [-0.1, -0.05) is 12.1 Å². The number of ether oxygens (including phenoxy) is 2. The van der Waals surface area contributed by atoms with Gasteiger partial charge in [0.25, 0.3) is 5.56 Å². The molecule has 0 saturated carbocycles. The van der Waals surface area contributed by atoms with Crippen LogP contribution in [0, 0.1) is 0 Å². The minimum absolute atomic E-state index is 0.0177. The van der Waals surface area contributed by atoms with Crippen LogP contribution in [0.1, 0.15) is 28.8 Å². The molecule has 0 bridgehead atoms. The van der Waals surface area contributed by atoms with E-state index in [0.717, 1.165) is 35.0 Å². The Morgan fingerprint density at radius 3 is 2.79 bits per heavy atom. The van der Waals surface area contributed by atoms with Crippen LogP contribution in [0.2, 0.25) is 0 Å². The van der Waals surface area contributed by atoms with E-state index in [0.29, 0.717) is 30.5 Å². The van der Waals surface area contributed by atoms with Gasteiger partial charge in [-0.15, -0.1) is 17.9 Å². The number of hydrogen-bond acceptors (Lipinski definition) is 6. The first kappa shape index (κ1) is 19.5. The topological polar surface area (TPSA) is 65.4 Å². The van der Waals surface area contributed by atoms with E-state index in [2.05, 4.69) is 11.9 Å². The third kappa shape index (κ3) is 3.62. The van der Waals surface area contributed by atoms with E-state index in [4.69, 9.17) is 14.5 Å². The van der Waals surface area contributed by atoms with Crippen molar-refractivity contribution >= 4 is 27.5 Å². The summed E-state index contributed by atoms with van der Waals surface area (Å²) in [5.74, 6) is 1.92. The third-order valence-electron chi connectivity index (χ3n) is 5.29. The van der Waals surface area contributed by atoms with Crippen LogP contribution >= 0.6 is 11.3 Å². The predicted octanol–water partition coefficient (Wildman–Crippen LogP) is 4.15. The van der Waals surface area contributed by atoms with Gasteiger partial charge in [0.15, 0.2) is 11.5 Å². The Morgan fingerprint density at radius 1 is 1.24 bits per heavy atom. The van der Waals surface area contributed by atoms with Crippen molar-refractivity contribution in [2.75, 3.05) is 19.5 Å². The molecule has 0 unspecified atom stereocenters. The Hall–Kier alpha value is -2.80. The molecule has 0 atom stereocenters. The zero-order valence-corrected chi connectivity index (χ0v) is 17.6. The average molecular weight is 412 g/mol. The molecule has 0 amide bonds. The van der Waals surface area contributed by atoms with Gasteiger partial charge in [-0.25, -0.2) is 4.98 Å². The van der Waals surface area contributed by atoms with Crippen molar-refractivity contribution in [1.82, 2.24) is 9.55 Å². The fourth-order valence-electron chi connectivity index (χ4n) is 3.84. The Morgan fingerprint density at radius 2 is 2.03 bits per heavy atom. The van der Waals surface area contributed by atoms with Gasteiger partial charge < -0.3 is 14.8 Å². The van der Waals surface area contributed by atoms with E-state index in [1.165, 1.54) is 16.9 Å². The minimum atomic E-state index is 0.0177. The summed E-state index contributed by atoms with van der Waals surface area (Å²) in [5.41, 5.74) is 2.23. The summed E-state index contributed by atoms with van der Waals surface area (Å²) in [6, 6.07) is 5.76. The van der Waals surface area contributed by atoms with Gasteiger partial charge in [0.05, 0.1) is 19.6 Å². The minimum Gasteiger partial charge on any atom is -0.493 e. The van der Waals surface area contributed by atoms with E-state index in [1.54, 1.807) is 36.2 Å². The molecule has 1 aliphatic rings. The first-order valence-electron chi connectivity index (χ1n) is 9.77. The molecule has 0 radical (unpaired) electrons. The summed E-state index contributed by atoms with van der Waals surface area (Å²) in [5, 5.41) is 4.13. The smallest absolute Gasteiger partial charge is 0.264 e. The normalized spacial score (nSPS) is 13.2. The van der Waals surface area contributed by atoms with Crippen molar-refractivity contribution in [2.45, 2.75) is 38.8 Å². The van der Waals surface area contributed by atoms with Crippen LogP contribution in [-0.4, -0.2) is 23.8 Å². The van der Waals surface area contributed by atoms with Gasteiger partial charge in [0.1, 0.15) is 4.83 Å². The second kappa shape index (κ2) is 8.29. The van der Waals surface area contributed by atoms with Crippen LogP contribution in [0.15, 0.2) is 35.6 Å². The Balaban J connectivity index is 1.70. The largest absolute Gasteiger partial charge is 0.493 e. The molecule has 3 aromatic rings. The molecule has 2 aromatic heterocycles. The number of hydrogen-bond donors (Lipinski definition) is 1. The van der Waals surface area contributed by atoms with Gasteiger partial charge in [0.2, 0.25) is 5.95 Å². The molecule has 1 N–H and O–H groups in total. The lowest BCUT2D eigenvalue weighted by atomic mass is 9.97. The third-order valence-corrected chi connectivity index (χ3v) is 6.47. The second-order valence-electron chi connectivity index (χ2n) is 7.07. The monoisotopic (exact) mass is 411 g/mol. The highest BCUT2D eigenvalue weighted by molar-refractivity contribution is 7.18. The van der Waals surface area contributed by atoms with E-state index in [9.17, 15) is 4.79 Å². The Kier molecular flexibility index (Phi) is 5.58. The standard InChI is InChI=1S/C22H25N3O3S/c1-4-11-25-21(26)19-15-7-5-6-8-18(15)29-20(19)24-22(25)23-13-14-9-10-16(27-2)17(12-14)28-3/h4,9-10,12H,1,5-8,11,13H2,2-3H3,(H,23,24). The van der Waals surface area contributed by atoms with E-state index < -0.39 is 0 Å². The lowest BCUT2D eigenvalue weighted by molar-refractivity contribution is 0.354. The number of benzene rings is 1. The fraction of sp³-hybridized carbons (Fsp3) is 0.364. The molecule has 29 heavy (non-hydrogen) atoms. The fourth-order valence-corrected chi connectivity index (χ4v) is 5.10. The molecule has 7 heteroatoms. The van der Waals surface area contributed by atoms with Crippen LogP contribution in [0.3, 0.4) is 0 Å². The van der Waals surface area contributed by atoms with Crippen LogP contribution in [0.5, 0.6) is 11.5 Å². The van der Waals surface area contributed by atoms with Gasteiger partial charge in [0, 0.05) is 18.0 Å². The first-order valence-corrected chi connectivity index (χ1v) is 10.6. The van der Waals surface area contributed by atoms with Crippen molar-refractivity contribution in [1.29, 1.82) is 0 Å². The SMILES string of the molecule is C=CCn1c(NCc2ccc(OC)c(OC)c2)nc2sc3c(c2c1=O)CCCC3. The summed E-state index contributed by atoms with van der Waals surface area (Å²) in [7, 11) is 3.23. The highest BCUT2D eigenvalue weighted by atomic mass is 32.1. The van der Waals surface area contributed by atoms with E-state index in [1.807, 2.05) is 18.2 Å². The van der Waals surface area contributed by atoms with Gasteiger partial charge >= 0.3 is 0 Å². The van der Waals surface area contributed by atoms with Gasteiger partial charge in [-0.3, -0.25) is 9.36 Å². The van der Waals surface area contributed by atoms with Gasteiger partial charge in [-0.05, 0) is 48.9 Å². The van der Waals surface area contributed by atoms with Crippen molar-refractivity contribution in [3.05, 3.63) is 57.2 Å². The molecule has 0 saturated heterocycles. The number of nitrogens with one attached hydrogen (secondary N) is 1. The van der Waals surface area contributed by atoms with Crippen molar-refractivity contribution in [3.63, 3.8) is 0 Å². The zero-order valence-electron chi connectivity index (χ0n) is 16.8. The molecular formula is C22H25N3O3S. The molecule has 0 fully saturated rings. The quantitative estimate of drug-likeness (QED) is 0.592. The summed E-state index contributed by atoms with van der Waals surface area (Å²) < 4.78 is 12.4. The molecule has 2 heterocycles.